The Morgan fingerprint density at radius 2 is 2.21 bits per heavy atom. The number of nitrogens with zero attached hydrogens (tertiary/aromatic N) is 2. The number of rotatable bonds is 4. The van der Waals surface area contributed by atoms with E-state index in [2.05, 4.69) is 27.6 Å². The highest BCUT2D eigenvalue weighted by Crippen LogP contribution is 2.35. The van der Waals surface area contributed by atoms with E-state index in [0.29, 0.717) is 11.7 Å². The van der Waals surface area contributed by atoms with E-state index < -0.39 is 0 Å². The molecule has 0 aromatic carbocycles. The molecular formula is C13H23N5O. The Balaban J connectivity index is 2.23. The lowest BCUT2D eigenvalue weighted by Gasteiger charge is -2.40. The highest BCUT2D eigenvalue weighted by atomic mass is 16.3. The number of hydrazine groups is 1. The topological polar surface area (TPSA) is 96.1 Å². The Morgan fingerprint density at radius 1 is 1.47 bits per heavy atom. The Labute approximate surface area is 113 Å². The van der Waals surface area contributed by atoms with E-state index in [4.69, 9.17) is 5.84 Å². The number of hydrogen-bond acceptors (Lipinski definition) is 6. The van der Waals surface area contributed by atoms with E-state index in [9.17, 15) is 5.11 Å². The van der Waals surface area contributed by atoms with Crippen molar-refractivity contribution in [3.63, 3.8) is 0 Å². The standard InChI is InChI=1S/C13H23N5O/c1-9-4-3-5-13(6-9,7-19)17-11-10(2)12(18-14)16-8-15-11/h8-9,19H,3-7,14H2,1-2H3,(H2,15,16,17,18). The predicted molar refractivity (Wildman–Crippen MR) is 75.7 cm³/mol. The lowest BCUT2D eigenvalue weighted by Crippen LogP contribution is -2.46. The van der Waals surface area contributed by atoms with Gasteiger partial charge < -0.3 is 15.8 Å². The molecule has 1 fully saturated rings. The van der Waals surface area contributed by atoms with E-state index in [1.807, 2.05) is 6.92 Å². The second kappa shape index (κ2) is 5.71. The van der Waals surface area contributed by atoms with Crippen LogP contribution in [0.1, 0.15) is 38.2 Å². The Bertz CT molecular complexity index is 439. The molecule has 1 aliphatic carbocycles. The quantitative estimate of drug-likeness (QED) is 0.486. The number of aliphatic hydroxyl groups is 1. The molecule has 2 atom stereocenters. The highest BCUT2D eigenvalue weighted by Gasteiger charge is 2.35. The maximum atomic E-state index is 9.79. The van der Waals surface area contributed by atoms with Crippen molar-refractivity contribution in [2.75, 3.05) is 17.3 Å². The number of aromatic nitrogens is 2. The Morgan fingerprint density at radius 3 is 2.84 bits per heavy atom. The van der Waals surface area contributed by atoms with Gasteiger partial charge in [0.25, 0.3) is 0 Å². The van der Waals surface area contributed by atoms with E-state index in [-0.39, 0.29) is 12.1 Å². The van der Waals surface area contributed by atoms with Crippen LogP contribution in [0.2, 0.25) is 0 Å². The molecular weight excluding hydrogens is 242 g/mol. The SMILES string of the molecule is Cc1c(NN)ncnc1NC1(CO)CCCC(C)C1. The molecule has 5 N–H and O–H groups in total. The van der Waals surface area contributed by atoms with Crippen LogP contribution in [0, 0.1) is 12.8 Å². The van der Waals surface area contributed by atoms with Gasteiger partial charge in [0.15, 0.2) is 0 Å². The fraction of sp³-hybridized carbons (Fsp3) is 0.692. The fourth-order valence-electron chi connectivity index (χ4n) is 2.93. The summed E-state index contributed by atoms with van der Waals surface area (Å²) in [7, 11) is 0. The zero-order valence-electron chi connectivity index (χ0n) is 11.6. The summed E-state index contributed by atoms with van der Waals surface area (Å²) in [6.45, 7) is 4.26. The van der Waals surface area contributed by atoms with Gasteiger partial charge in [0.2, 0.25) is 0 Å². The van der Waals surface area contributed by atoms with Crippen molar-refractivity contribution in [1.29, 1.82) is 0 Å². The molecule has 2 rings (SSSR count). The van der Waals surface area contributed by atoms with Crippen molar-refractivity contribution in [3.8, 4) is 0 Å². The molecule has 0 aliphatic heterocycles. The summed E-state index contributed by atoms with van der Waals surface area (Å²) < 4.78 is 0. The number of nitrogens with one attached hydrogen (secondary N) is 2. The van der Waals surface area contributed by atoms with E-state index >= 15 is 0 Å². The number of nitrogen functional groups attached to an aromatic ring is 1. The lowest BCUT2D eigenvalue weighted by atomic mass is 9.77. The summed E-state index contributed by atoms with van der Waals surface area (Å²) in [6, 6.07) is 0. The van der Waals surface area contributed by atoms with Crippen molar-refractivity contribution in [2.24, 2.45) is 11.8 Å². The predicted octanol–water partition coefficient (Wildman–Crippen LogP) is 1.42. The van der Waals surface area contributed by atoms with Crippen LogP contribution in [0.3, 0.4) is 0 Å². The molecule has 0 spiro atoms. The van der Waals surface area contributed by atoms with Crippen LogP contribution in [0.15, 0.2) is 6.33 Å². The van der Waals surface area contributed by atoms with Crippen LogP contribution in [-0.2, 0) is 0 Å². The molecule has 6 nitrogen and oxygen atoms in total. The number of nitrogens with two attached hydrogens (primary N) is 1. The first-order valence-electron chi connectivity index (χ1n) is 6.77. The average molecular weight is 265 g/mol. The molecule has 1 aromatic rings. The van der Waals surface area contributed by atoms with Crippen LogP contribution >= 0.6 is 0 Å². The van der Waals surface area contributed by atoms with Crippen molar-refractivity contribution >= 4 is 11.6 Å². The minimum absolute atomic E-state index is 0.117. The first kappa shape index (κ1) is 14.0. The molecule has 0 amide bonds. The smallest absolute Gasteiger partial charge is 0.148 e. The van der Waals surface area contributed by atoms with Crippen LogP contribution in [-0.4, -0.2) is 27.2 Å². The Hall–Kier alpha value is -1.40. The van der Waals surface area contributed by atoms with Gasteiger partial charge in [0.1, 0.15) is 18.0 Å². The summed E-state index contributed by atoms with van der Waals surface area (Å²) >= 11 is 0. The number of aliphatic hydroxyl groups excluding tert-OH is 1. The van der Waals surface area contributed by atoms with Crippen LogP contribution in [0.4, 0.5) is 11.6 Å². The third-order valence-corrected chi connectivity index (χ3v) is 4.00. The number of anilines is 2. The van der Waals surface area contributed by atoms with Crippen molar-refractivity contribution < 1.29 is 5.11 Å². The van der Waals surface area contributed by atoms with Crippen LogP contribution in [0.5, 0.6) is 0 Å². The highest BCUT2D eigenvalue weighted by molar-refractivity contribution is 5.57. The summed E-state index contributed by atoms with van der Waals surface area (Å²) in [5, 5.41) is 13.2. The van der Waals surface area contributed by atoms with Gasteiger partial charge in [-0.2, -0.15) is 0 Å². The Kier molecular flexibility index (Phi) is 4.21. The largest absolute Gasteiger partial charge is 0.394 e. The summed E-state index contributed by atoms with van der Waals surface area (Å²) in [6.07, 6.45) is 5.74. The molecule has 19 heavy (non-hydrogen) atoms. The van der Waals surface area contributed by atoms with Gasteiger partial charge in [-0.25, -0.2) is 15.8 Å². The third kappa shape index (κ3) is 2.96. The maximum Gasteiger partial charge on any atom is 0.148 e. The summed E-state index contributed by atoms with van der Waals surface area (Å²) in [5.41, 5.74) is 3.15. The summed E-state index contributed by atoms with van der Waals surface area (Å²) in [5.74, 6) is 7.38. The molecule has 1 aliphatic rings. The first-order valence-corrected chi connectivity index (χ1v) is 6.77. The third-order valence-electron chi connectivity index (χ3n) is 4.00. The number of hydrogen-bond donors (Lipinski definition) is 4. The van der Waals surface area contributed by atoms with Crippen LogP contribution in [0.25, 0.3) is 0 Å². The molecule has 1 heterocycles. The van der Waals surface area contributed by atoms with Gasteiger partial charge in [0.05, 0.1) is 12.1 Å². The molecule has 1 aromatic heterocycles. The van der Waals surface area contributed by atoms with E-state index in [1.54, 1.807) is 0 Å². The lowest BCUT2D eigenvalue weighted by molar-refractivity contribution is 0.149. The van der Waals surface area contributed by atoms with Gasteiger partial charge in [-0.1, -0.05) is 19.8 Å². The molecule has 0 saturated heterocycles. The zero-order chi connectivity index (χ0) is 13.9. The molecule has 1 saturated carbocycles. The molecule has 2 unspecified atom stereocenters. The second-order valence-corrected chi connectivity index (χ2v) is 5.61. The fourth-order valence-corrected chi connectivity index (χ4v) is 2.93. The molecule has 6 heteroatoms. The van der Waals surface area contributed by atoms with Gasteiger partial charge in [0, 0.05) is 5.56 Å². The van der Waals surface area contributed by atoms with Gasteiger partial charge in [-0.05, 0) is 25.7 Å². The molecule has 0 bridgehead atoms. The minimum Gasteiger partial charge on any atom is -0.394 e. The zero-order valence-corrected chi connectivity index (χ0v) is 11.6. The monoisotopic (exact) mass is 265 g/mol. The second-order valence-electron chi connectivity index (χ2n) is 5.61. The van der Waals surface area contributed by atoms with Crippen molar-refractivity contribution in [2.45, 2.75) is 45.1 Å². The summed E-state index contributed by atoms with van der Waals surface area (Å²) in [4.78, 5) is 8.33. The van der Waals surface area contributed by atoms with Crippen LogP contribution < -0.4 is 16.6 Å². The maximum absolute atomic E-state index is 9.79. The normalized spacial score (nSPS) is 27.1. The van der Waals surface area contributed by atoms with Crippen molar-refractivity contribution in [3.05, 3.63) is 11.9 Å². The van der Waals surface area contributed by atoms with E-state index in [1.165, 1.54) is 12.7 Å². The van der Waals surface area contributed by atoms with Gasteiger partial charge >= 0.3 is 0 Å². The van der Waals surface area contributed by atoms with Gasteiger partial charge in [-0.3, -0.25) is 0 Å². The van der Waals surface area contributed by atoms with E-state index in [0.717, 1.165) is 30.6 Å². The average Bonchev–Trinajstić information content (AvgIpc) is 2.41. The van der Waals surface area contributed by atoms with Crippen molar-refractivity contribution in [1.82, 2.24) is 9.97 Å². The molecule has 106 valence electrons. The molecule has 0 radical (unpaired) electrons. The van der Waals surface area contributed by atoms with Gasteiger partial charge in [-0.15, -0.1) is 0 Å². The first-order chi connectivity index (χ1) is 9.10. The minimum atomic E-state index is -0.275.